The van der Waals surface area contributed by atoms with Gasteiger partial charge >= 0.3 is 12.1 Å². The summed E-state index contributed by atoms with van der Waals surface area (Å²) in [5, 5.41) is 9.59. The maximum Gasteiger partial charge on any atom is 0.409 e. The van der Waals surface area contributed by atoms with Crippen molar-refractivity contribution in [2.45, 2.75) is 52.2 Å². The Bertz CT molecular complexity index is 580. The van der Waals surface area contributed by atoms with Gasteiger partial charge in [-0.15, -0.1) is 0 Å². The van der Waals surface area contributed by atoms with E-state index >= 15 is 0 Å². The van der Waals surface area contributed by atoms with Gasteiger partial charge in [-0.3, -0.25) is 0 Å². The van der Waals surface area contributed by atoms with E-state index in [1.165, 1.54) is 0 Å². The van der Waals surface area contributed by atoms with Crippen molar-refractivity contribution in [3.05, 3.63) is 41.5 Å². The van der Waals surface area contributed by atoms with Crippen molar-refractivity contribution in [3.63, 3.8) is 0 Å². The number of nitrogens with two attached hydrogens (primary N) is 1. The monoisotopic (exact) mass is 335 g/mol. The average Bonchev–Trinajstić information content (AvgIpc) is 2.52. The maximum atomic E-state index is 11.7. The Labute approximate surface area is 142 Å². The summed E-state index contributed by atoms with van der Waals surface area (Å²) in [6.07, 6.45) is -0.469. The van der Waals surface area contributed by atoms with Gasteiger partial charge in [-0.25, -0.2) is 9.59 Å². The highest BCUT2D eigenvalue weighted by atomic mass is 16.6. The fourth-order valence-corrected chi connectivity index (χ4v) is 2.29. The largest absolute Gasteiger partial charge is 0.479 e. The molecule has 6 nitrogen and oxygen atoms in total. The Kier molecular flexibility index (Phi) is 7.98. The first kappa shape index (κ1) is 19.7. The summed E-state index contributed by atoms with van der Waals surface area (Å²) in [7, 11) is 0. The molecule has 0 aliphatic rings. The lowest BCUT2D eigenvalue weighted by atomic mass is 9.98. The molecule has 1 aromatic rings. The van der Waals surface area contributed by atoms with E-state index in [0.29, 0.717) is 17.6 Å². The van der Waals surface area contributed by atoms with Crippen LogP contribution in [0.1, 0.15) is 45.6 Å². The van der Waals surface area contributed by atoms with E-state index in [1.54, 1.807) is 38.1 Å². The Morgan fingerprint density at radius 3 is 2.29 bits per heavy atom. The van der Waals surface area contributed by atoms with Crippen molar-refractivity contribution in [1.82, 2.24) is 0 Å². The molecule has 1 amide bonds. The lowest BCUT2D eigenvalue weighted by Gasteiger charge is -2.22. The van der Waals surface area contributed by atoms with E-state index in [0.717, 1.165) is 12.8 Å². The SMILES string of the molecule is CCCCC(=C(OC(N)=O)c1ccccc1)C(OC(C)C)C(=O)O. The lowest BCUT2D eigenvalue weighted by Crippen LogP contribution is -2.30. The predicted molar refractivity (Wildman–Crippen MR) is 91.2 cm³/mol. The summed E-state index contributed by atoms with van der Waals surface area (Å²) >= 11 is 0. The number of primary amides is 1. The molecule has 0 saturated heterocycles. The van der Waals surface area contributed by atoms with Crippen LogP contribution in [0.2, 0.25) is 0 Å². The Hall–Kier alpha value is -2.34. The van der Waals surface area contributed by atoms with Crippen LogP contribution in [0.25, 0.3) is 5.76 Å². The Morgan fingerprint density at radius 2 is 1.83 bits per heavy atom. The van der Waals surface area contributed by atoms with Gasteiger partial charge in [0.15, 0.2) is 6.10 Å². The van der Waals surface area contributed by atoms with Crippen LogP contribution in [-0.2, 0) is 14.3 Å². The van der Waals surface area contributed by atoms with Gasteiger partial charge in [0, 0.05) is 11.1 Å². The number of ether oxygens (including phenoxy) is 2. The summed E-state index contributed by atoms with van der Waals surface area (Å²) < 4.78 is 10.7. The normalized spacial score (nSPS) is 13.3. The van der Waals surface area contributed by atoms with Crippen molar-refractivity contribution in [3.8, 4) is 0 Å². The van der Waals surface area contributed by atoms with Crippen LogP contribution in [0.5, 0.6) is 0 Å². The third-order valence-corrected chi connectivity index (χ3v) is 3.28. The quantitative estimate of drug-likeness (QED) is 0.672. The topological polar surface area (TPSA) is 98.9 Å². The molecule has 1 rings (SSSR count). The second kappa shape index (κ2) is 9.72. The maximum absolute atomic E-state index is 11.7. The third-order valence-electron chi connectivity index (χ3n) is 3.28. The number of carbonyl (C=O) groups excluding carboxylic acids is 1. The number of amides is 1. The molecular formula is C18H25NO5. The van der Waals surface area contributed by atoms with Gasteiger partial charge in [-0.1, -0.05) is 43.7 Å². The van der Waals surface area contributed by atoms with Crippen LogP contribution in [-0.4, -0.2) is 29.4 Å². The van der Waals surface area contributed by atoms with E-state index in [-0.39, 0.29) is 11.9 Å². The van der Waals surface area contributed by atoms with Gasteiger partial charge in [0.05, 0.1) is 6.10 Å². The molecule has 0 aliphatic heterocycles. The van der Waals surface area contributed by atoms with Gasteiger partial charge in [-0.2, -0.15) is 0 Å². The number of hydrogen-bond donors (Lipinski definition) is 2. The summed E-state index contributed by atoms with van der Waals surface area (Å²) in [5.41, 5.74) is 6.18. The van der Waals surface area contributed by atoms with E-state index in [9.17, 15) is 14.7 Å². The number of benzene rings is 1. The molecule has 0 saturated carbocycles. The zero-order valence-corrected chi connectivity index (χ0v) is 14.3. The number of carboxylic acid groups (broad SMARTS) is 1. The molecule has 1 unspecified atom stereocenters. The number of carboxylic acids is 1. The number of unbranched alkanes of at least 4 members (excludes halogenated alkanes) is 1. The van der Waals surface area contributed by atoms with Crippen molar-refractivity contribution < 1.29 is 24.2 Å². The first-order chi connectivity index (χ1) is 11.4. The fourth-order valence-electron chi connectivity index (χ4n) is 2.29. The summed E-state index contributed by atoms with van der Waals surface area (Å²) in [6, 6.07) is 8.83. The molecule has 0 spiro atoms. The molecule has 0 heterocycles. The highest BCUT2D eigenvalue weighted by Crippen LogP contribution is 2.28. The molecule has 3 N–H and O–H groups in total. The molecular weight excluding hydrogens is 310 g/mol. The van der Waals surface area contributed by atoms with Crippen LogP contribution >= 0.6 is 0 Å². The third kappa shape index (κ3) is 6.04. The molecule has 24 heavy (non-hydrogen) atoms. The van der Waals surface area contributed by atoms with Crippen LogP contribution in [0.3, 0.4) is 0 Å². The molecule has 0 radical (unpaired) electrons. The van der Waals surface area contributed by atoms with Crippen molar-refractivity contribution >= 4 is 17.8 Å². The van der Waals surface area contributed by atoms with Gasteiger partial charge in [-0.05, 0) is 26.7 Å². The second-order valence-corrected chi connectivity index (χ2v) is 5.65. The highest BCUT2D eigenvalue weighted by Gasteiger charge is 2.29. The minimum atomic E-state index is -1.20. The number of rotatable bonds is 9. The summed E-state index contributed by atoms with van der Waals surface area (Å²) in [4.78, 5) is 23.1. The van der Waals surface area contributed by atoms with E-state index in [1.807, 2.05) is 13.0 Å². The molecule has 132 valence electrons. The lowest BCUT2D eigenvalue weighted by molar-refractivity contribution is -0.150. The van der Waals surface area contributed by atoms with E-state index in [4.69, 9.17) is 15.2 Å². The number of hydrogen-bond acceptors (Lipinski definition) is 4. The van der Waals surface area contributed by atoms with E-state index in [2.05, 4.69) is 0 Å². The molecule has 0 aliphatic carbocycles. The molecule has 6 heteroatoms. The van der Waals surface area contributed by atoms with Crippen LogP contribution in [0, 0.1) is 0 Å². The van der Waals surface area contributed by atoms with Crippen LogP contribution < -0.4 is 5.73 Å². The van der Waals surface area contributed by atoms with E-state index < -0.39 is 18.2 Å². The number of aliphatic carboxylic acids is 1. The van der Waals surface area contributed by atoms with Gasteiger partial charge < -0.3 is 20.3 Å². The smallest absolute Gasteiger partial charge is 0.409 e. The summed E-state index contributed by atoms with van der Waals surface area (Å²) in [5.74, 6) is -0.971. The second-order valence-electron chi connectivity index (χ2n) is 5.65. The predicted octanol–water partition coefficient (Wildman–Crippen LogP) is 3.56. The highest BCUT2D eigenvalue weighted by molar-refractivity contribution is 5.83. The zero-order valence-electron chi connectivity index (χ0n) is 14.3. The standard InChI is InChI=1S/C18H25NO5/c1-4-5-11-14(16(17(20)21)23-12(2)3)15(24-18(19)22)13-9-7-6-8-10-13/h6-10,12,16H,4-5,11H2,1-3H3,(H2,19,22)(H,20,21). The first-order valence-corrected chi connectivity index (χ1v) is 8.00. The number of carbonyl (C=O) groups is 2. The summed E-state index contributed by atoms with van der Waals surface area (Å²) in [6.45, 7) is 5.50. The molecule has 0 fully saturated rings. The minimum absolute atomic E-state index is 0.157. The average molecular weight is 335 g/mol. The Balaban J connectivity index is 3.47. The Morgan fingerprint density at radius 1 is 1.21 bits per heavy atom. The molecule has 0 bridgehead atoms. The molecule has 1 atom stereocenters. The zero-order chi connectivity index (χ0) is 18.1. The molecule has 0 aromatic heterocycles. The van der Waals surface area contributed by atoms with Crippen molar-refractivity contribution in [2.24, 2.45) is 5.73 Å². The van der Waals surface area contributed by atoms with Gasteiger partial charge in [0.2, 0.25) is 0 Å². The molecule has 1 aromatic carbocycles. The van der Waals surface area contributed by atoms with Gasteiger partial charge in [0.1, 0.15) is 5.76 Å². The van der Waals surface area contributed by atoms with Crippen LogP contribution in [0.4, 0.5) is 4.79 Å². The van der Waals surface area contributed by atoms with Crippen LogP contribution in [0.15, 0.2) is 35.9 Å². The van der Waals surface area contributed by atoms with Crippen molar-refractivity contribution in [1.29, 1.82) is 0 Å². The fraction of sp³-hybridized carbons (Fsp3) is 0.444. The van der Waals surface area contributed by atoms with Crippen molar-refractivity contribution in [2.75, 3.05) is 0 Å². The van der Waals surface area contributed by atoms with Gasteiger partial charge in [0.25, 0.3) is 0 Å². The minimum Gasteiger partial charge on any atom is -0.479 e. The first-order valence-electron chi connectivity index (χ1n) is 8.00.